The molecule has 0 saturated heterocycles. The normalized spacial score (nSPS) is 11.1. The average molecular weight is 188 g/mol. The Morgan fingerprint density at radius 2 is 2.14 bits per heavy atom. The SMILES string of the molecule is CCCc1cc2cc(C)ncc2n1C. The van der Waals surface area contributed by atoms with Gasteiger partial charge in [-0.25, -0.2) is 0 Å². The molecular weight excluding hydrogens is 172 g/mol. The zero-order valence-corrected chi connectivity index (χ0v) is 9.04. The van der Waals surface area contributed by atoms with Gasteiger partial charge in [0, 0.05) is 23.8 Å². The molecule has 0 aliphatic rings. The van der Waals surface area contributed by atoms with Gasteiger partial charge in [0.25, 0.3) is 0 Å². The smallest absolute Gasteiger partial charge is 0.0666 e. The molecule has 0 atom stereocenters. The van der Waals surface area contributed by atoms with Gasteiger partial charge in [-0.3, -0.25) is 4.98 Å². The third-order valence-electron chi connectivity index (χ3n) is 2.67. The van der Waals surface area contributed by atoms with Crippen LogP contribution in [-0.4, -0.2) is 9.55 Å². The molecule has 0 aromatic carbocycles. The topological polar surface area (TPSA) is 17.8 Å². The fraction of sp³-hybridized carbons (Fsp3) is 0.417. The first-order chi connectivity index (χ1) is 6.72. The second kappa shape index (κ2) is 3.45. The van der Waals surface area contributed by atoms with Gasteiger partial charge in [0.1, 0.15) is 0 Å². The van der Waals surface area contributed by atoms with E-state index in [9.17, 15) is 0 Å². The van der Waals surface area contributed by atoms with Gasteiger partial charge >= 0.3 is 0 Å². The Labute approximate surface area is 84.6 Å². The molecule has 2 rings (SSSR count). The van der Waals surface area contributed by atoms with Gasteiger partial charge in [-0.1, -0.05) is 13.3 Å². The molecule has 2 heteroatoms. The van der Waals surface area contributed by atoms with Crippen molar-refractivity contribution in [3.8, 4) is 0 Å². The van der Waals surface area contributed by atoms with E-state index in [0.717, 1.165) is 12.1 Å². The minimum atomic E-state index is 1.09. The van der Waals surface area contributed by atoms with Crippen LogP contribution in [0.3, 0.4) is 0 Å². The summed E-state index contributed by atoms with van der Waals surface area (Å²) in [5, 5.41) is 1.31. The van der Waals surface area contributed by atoms with Crippen LogP contribution < -0.4 is 0 Å². The largest absolute Gasteiger partial charge is 0.346 e. The van der Waals surface area contributed by atoms with Gasteiger partial charge in [0.15, 0.2) is 0 Å². The van der Waals surface area contributed by atoms with E-state index in [4.69, 9.17) is 0 Å². The highest BCUT2D eigenvalue weighted by molar-refractivity contribution is 5.80. The van der Waals surface area contributed by atoms with Gasteiger partial charge in [0.2, 0.25) is 0 Å². The monoisotopic (exact) mass is 188 g/mol. The van der Waals surface area contributed by atoms with E-state index in [-0.39, 0.29) is 0 Å². The van der Waals surface area contributed by atoms with Crippen LogP contribution in [0.2, 0.25) is 0 Å². The molecule has 0 fully saturated rings. The maximum atomic E-state index is 4.32. The molecule has 0 bridgehead atoms. The zero-order valence-electron chi connectivity index (χ0n) is 9.04. The third-order valence-corrected chi connectivity index (χ3v) is 2.67. The van der Waals surface area contributed by atoms with Crippen molar-refractivity contribution in [1.82, 2.24) is 9.55 Å². The Hall–Kier alpha value is -1.31. The van der Waals surface area contributed by atoms with Crippen molar-refractivity contribution in [2.45, 2.75) is 26.7 Å². The van der Waals surface area contributed by atoms with Crippen LogP contribution in [-0.2, 0) is 13.5 Å². The quantitative estimate of drug-likeness (QED) is 0.708. The number of aromatic nitrogens is 2. The molecule has 0 amide bonds. The summed E-state index contributed by atoms with van der Waals surface area (Å²) < 4.78 is 2.24. The van der Waals surface area contributed by atoms with E-state index in [1.165, 1.54) is 23.0 Å². The van der Waals surface area contributed by atoms with Crippen LogP contribution in [0.1, 0.15) is 24.7 Å². The molecule has 14 heavy (non-hydrogen) atoms. The van der Waals surface area contributed by atoms with Gasteiger partial charge in [-0.15, -0.1) is 0 Å². The zero-order chi connectivity index (χ0) is 10.1. The number of rotatable bonds is 2. The van der Waals surface area contributed by atoms with E-state index in [1.54, 1.807) is 0 Å². The lowest BCUT2D eigenvalue weighted by Gasteiger charge is -2.01. The van der Waals surface area contributed by atoms with Crippen molar-refractivity contribution in [3.63, 3.8) is 0 Å². The van der Waals surface area contributed by atoms with E-state index >= 15 is 0 Å². The fourth-order valence-corrected chi connectivity index (χ4v) is 1.90. The first kappa shape index (κ1) is 9.25. The van der Waals surface area contributed by atoms with Crippen molar-refractivity contribution in [1.29, 1.82) is 0 Å². The van der Waals surface area contributed by atoms with Crippen LogP contribution in [0.5, 0.6) is 0 Å². The molecule has 0 saturated carbocycles. The van der Waals surface area contributed by atoms with Crippen LogP contribution >= 0.6 is 0 Å². The van der Waals surface area contributed by atoms with Crippen molar-refractivity contribution >= 4 is 10.9 Å². The summed E-state index contributed by atoms with van der Waals surface area (Å²) in [5.74, 6) is 0. The summed E-state index contributed by atoms with van der Waals surface area (Å²) in [7, 11) is 2.12. The van der Waals surface area contributed by atoms with Crippen molar-refractivity contribution in [2.24, 2.45) is 7.05 Å². The predicted molar refractivity (Wildman–Crippen MR) is 59.4 cm³/mol. The minimum absolute atomic E-state index is 1.09. The highest BCUT2D eigenvalue weighted by Gasteiger charge is 2.04. The first-order valence-electron chi connectivity index (χ1n) is 5.13. The molecule has 74 valence electrons. The molecule has 0 unspecified atom stereocenters. The molecule has 2 nitrogen and oxygen atoms in total. The molecule has 0 N–H and O–H groups in total. The third kappa shape index (κ3) is 1.41. The lowest BCUT2D eigenvalue weighted by molar-refractivity contribution is 0.804. The Morgan fingerprint density at radius 3 is 2.86 bits per heavy atom. The lowest BCUT2D eigenvalue weighted by Crippen LogP contribution is -1.95. The van der Waals surface area contributed by atoms with Crippen LogP contribution in [0.4, 0.5) is 0 Å². The lowest BCUT2D eigenvalue weighted by atomic mass is 10.2. The van der Waals surface area contributed by atoms with Crippen LogP contribution in [0.25, 0.3) is 10.9 Å². The average Bonchev–Trinajstić information content (AvgIpc) is 2.44. The number of hydrogen-bond donors (Lipinski definition) is 0. The van der Waals surface area contributed by atoms with E-state index in [0.29, 0.717) is 0 Å². The molecule has 0 radical (unpaired) electrons. The van der Waals surface area contributed by atoms with E-state index in [2.05, 4.69) is 35.7 Å². The summed E-state index contributed by atoms with van der Waals surface area (Å²) in [6, 6.07) is 4.42. The maximum absolute atomic E-state index is 4.32. The maximum Gasteiger partial charge on any atom is 0.0666 e. The molecule has 2 aromatic heterocycles. The minimum Gasteiger partial charge on any atom is -0.346 e. The number of aryl methyl sites for hydroxylation is 3. The van der Waals surface area contributed by atoms with Crippen LogP contribution in [0, 0.1) is 6.92 Å². The van der Waals surface area contributed by atoms with Gasteiger partial charge in [-0.2, -0.15) is 0 Å². The molecule has 2 aromatic rings. The highest BCUT2D eigenvalue weighted by Crippen LogP contribution is 2.19. The Kier molecular flexibility index (Phi) is 2.28. The Balaban J connectivity index is 2.61. The van der Waals surface area contributed by atoms with Crippen molar-refractivity contribution in [3.05, 3.63) is 29.7 Å². The van der Waals surface area contributed by atoms with Crippen LogP contribution in [0.15, 0.2) is 18.3 Å². The van der Waals surface area contributed by atoms with Gasteiger partial charge < -0.3 is 4.57 Å². The van der Waals surface area contributed by atoms with Gasteiger partial charge in [0.05, 0.1) is 11.7 Å². The number of pyridine rings is 1. The summed E-state index contributed by atoms with van der Waals surface area (Å²) in [4.78, 5) is 4.32. The number of nitrogens with zero attached hydrogens (tertiary/aromatic N) is 2. The van der Waals surface area contributed by atoms with Gasteiger partial charge in [-0.05, 0) is 25.5 Å². The fourth-order valence-electron chi connectivity index (χ4n) is 1.90. The molecular formula is C12H16N2. The second-order valence-electron chi connectivity index (χ2n) is 3.83. The Morgan fingerprint density at radius 1 is 1.36 bits per heavy atom. The standard InChI is InChI=1S/C12H16N2/c1-4-5-11-7-10-6-9(2)13-8-12(10)14(11)3/h6-8H,4-5H2,1-3H3. The Bertz CT molecular complexity index is 455. The van der Waals surface area contributed by atoms with E-state index < -0.39 is 0 Å². The molecule has 0 aliphatic carbocycles. The second-order valence-corrected chi connectivity index (χ2v) is 3.83. The molecule has 2 heterocycles. The predicted octanol–water partition coefficient (Wildman–Crippen LogP) is 2.83. The summed E-state index contributed by atoms with van der Waals surface area (Å²) in [6.45, 7) is 4.24. The first-order valence-corrected chi connectivity index (χ1v) is 5.13. The number of fused-ring (bicyclic) bond motifs is 1. The highest BCUT2D eigenvalue weighted by atomic mass is 15.0. The van der Waals surface area contributed by atoms with E-state index in [1.807, 2.05) is 13.1 Å². The number of hydrogen-bond acceptors (Lipinski definition) is 1. The molecule has 0 aliphatic heterocycles. The summed E-state index contributed by atoms with van der Waals surface area (Å²) in [5.41, 5.74) is 3.72. The molecule has 0 spiro atoms. The van der Waals surface area contributed by atoms with Crippen molar-refractivity contribution < 1.29 is 0 Å². The van der Waals surface area contributed by atoms with Crippen molar-refractivity contribution in [2.75, 3.05) is 0 Å². The summed E-state index contributed by atoms with van der Waals surface area (Å²) >= 11 is 0. The summed E-state index contributed by atoms with van der Waals surface area (Å²) in [6.07, 6.45) is 4.30.